The van der Waals surface area contributed by atoms with Gasteiger partial charge < -0.3 is 11.1 Å². The summed E-state index contributed by atoms with van der Waals surface area (Å²) in [5.41, 5.74) is 7.72. The van der Waals surface area contributed by atoms with Crippen LogP contribution in [0.2, 0.25) is 5.02 Å². The Balaban J connectivity index is 2.09. The number of fused-ring (bicyclic) bond motifs is 1. The summed E-state index contributed by atoms with van der Waals surface area (Å²) in [4.78, 5) is 8.26. The molecule has 1 aromatic carbocycles. The molecule has 0 amide bonds. The Morgan fingerprint density at radius 2 is 2.11 bits per heavy atom. The molecule has 0 spiro atoms. The molecule has 19 heavy (non-hydrogen) atoms. The van der Waals surface area contributed by atoms with Crippen LogP contribution in [0.1, 0.15) is 0 Å². The van der Waals surface area contributed by atoms with Crippen molar-refractivity contribution in [2.75, 3.05) is 11.1 Å². The van der Waals surface area contributed by atoms with Crippen LogP contribution in [0.25, 0.3) is 11.0 Å². The molecule has 3 N–H and O–H groups in total. The molecule has 0 saturated heterocycles. The first-order valence-corrected chi connectivity index (χ1v) is 7.01. The van der Waals surface area contributed by atoms with E-state index in [1.54, 1.807) is 12.1 Å². The van der Waals surface area contributed by atoms with Crippen molar-refractivity contribution in [3.8, 4) is 0 Å². The Bertz CT molecular complexity index is 741. The van der Waals surface area contributed by atoms with Crippen molar-refractivity contribution in [3.05, 3.63) is 27.8 Å². The topological polar surface area (TPSA) is 89.6 Å². The molecule has 0 aliphatic heterocycles. The van der Waals surface area contributed by atoms with Crippen LogP contribution in [0.5, 0.6) is 0 Å². The average molecular weight is 358 g/mol. The van der Waals surface area contributed by atoms with Crippen LogP contribution in [0, 0.1) is 0 Å². The standard InChI is InChI=1S/C10H6BrClN6S/c11-6-3-7(13)15-10(14-6)16-8-4(12)1-2-5-9(8)18-19-17-5/h1-3H,(H3,13,14,15,16). The Labute approximate surface area is 125 Å². The predicted molar refractivity (Wildman–Crippen MR) is 79.9 cm³/mol. The first-order chi connectivity index (χ1) is 9.13. The van der Waals surface area contributed by atoms with Crippen molar-refractivity contribution in [1.29, 1.82) is 0 Å². The molecule has 0 aliphatic rings. The van der Waals surface area contributed by atoms with Gasteiger partial charge in [0.05, 0.1) is 22.4 Å². The van der Waals surface area contributed by atoms with Gasteiger partial charge in [-0.1, -0.05) is 11.6 Å². The van der Waals surface area contributed by atoms with Gasteiger partial charge in [0, 0.05) is 6.07 Å². The van der Waals surface area contributed by atoms with Crippen molar-refractivity contribution < 1.29 is 0 Å². The second-order valence-corrected chi connectivity index (χ2v) is 5.37. The lowest BCUT2D eigenvalue weighted by atomic mass is 10.2. The number of nitrogen functional groups attached to an aromatic ring is 1. The molecule has 0 atom stereocenters. The maximum atomic E-state index is 6.17. The molecule has 3 aromatic rings. The molecule has 0 radical (unpaired) electrons. The fourth-order valence-corrected chi connectivity index (χ4v) is 2.69. The van der Waals surface area contributed by atoms with E-state index in [4.69, 9.17) is 17.3 Å². The van der Waals surface area contributed by atoms with E-state index in [2.05, 4.69) is 40.0 Å². The van der Waals surface area contributed by atoms with Gasteiger partial charge in [0.15, 0.2) is 0 Å². The molecule has 6 nitrogen and oxygen atoms in total. The van der Waals surface area contributed by atoms with Gasteiger partial charge >= 0.3 is 0 Å². The molecule has 2 aromatic heterocycles. The molecule has 0 bridgehead atoms. The minimum Gasteiger partial charge on any atom is -0.383 e. The molecule has 96 valence electrons. The van der Waals surface area contributed by atoms with Crippen molar-refractivity contribution in [2.45, 2.75) is 0 Å². The molecule has 0 aliphatic carbocycles. The third-order valence-corrected chi connectivity index (χ3v) is 3.59. The number of hydrogen-bond acceptors (Lipinski definition) is 7. The molecule has 2 heterocycles. The van der Waals surface area contributed by atoms with E-state index in [-0.39, 0.29) is 0 Å². The van der Waals surface area contributed by atoms with Crippen LogP contribution in [-0.4, -0.2) is 18.7 Å². The van der Waals surface area contributed by atoms with Gasteiger partial charge in [-0.15, -0.1) is 0 Å². The molecule has 0 fully saturated rings. The van der Waals surface area contributed by atoms with E-state index in [9.17, 15) is 0 Å². The summed E-state index contributed by atoms with van der Waals surface area (Å²) in [6.45, 7) is 0. The lowest BCUT2D eigenvalue weighted by Gasteiger charge is -2.08. The van der Waals surface area contributed by atoms with Gasteiger partial charge in [0.2, 0.25) is 5.95 Å². The third kappa shape index (κ3) is 2.46. The second kappa shape index (κ2) is 4.87. The predicted octanol–water partition coefficient (Wildman–Crippen LogP) is 3.22. The number of rotatable bonds is 2. The number of nitrogens with one attached hydrogen (secondary N) is 1. The van der Waals surface area contributed by atoms with Crippen LogP contribution >= 0.6 is 39.3 Å². The minimum atomic E-state index is 0.342. The highest BCUT2D eigenvalue weighted by Gasteiger charge is 2.11. The van der Waals surface area contributed by atoms with E-state index in [1.807, 2.05) is 6.07 Å². The van der Waals surface area contributed by atoms with Crippen LogP contribution in [0.3, 0.4) is 0 Å². The Morgan fingerprint density at radius 3 is 2.89 bits per heavy atom. The van der Waals surface area contributed by atoms with Gasteiger partial charge in [-0.3, -0.25) is 0 Å². The van der Waals surface area contributed by atoms with Gasteiger partial charge in [0.1, 0.15) is 21.5 Å². The molecule has 3 rings (SSSR count). The number of nitrogens with zero attached hydrogens (tertiary/aromatic N) is 4. The van der Waals surface area contributed by atoms with Crippen LogP contribution < -0.4 is 11.1 Å². The number of halogens is 2. The molecule has 0 unspecified atom stereocenters. The first-order valence-electron chi connectivity index (χ1n) is 5.11. The maximum Gasteiger partial charge on any atom is 0.230 e. The molecule has 0 saturated carbocycles. The monoisotopic (exact) mass is 356 g/mol. The summed E-state index contributed by atoms with van der Waals surface area (Å²) >= 11 is 10.5. The quantitative estimate of drug-likeness (QED) is 0.684. The number of anilines is 3. The van der Waals surface area contributed by atoms with E-state index in [0.29, 0.717) is 32.6 Å². The fraction of sp³-hybridized carbons (Fsp3) is 0. The summed E-state index contributed by atoms with van der Waals surface area (Å²) in [6, 6.07) is 5.16. The van der Waals surface area contributed by atoms with Crippen molar-refractivity contribution in [1.82, 2.24) is 18.7 Å². The third-order valence-electron chi connectivity index (χ3n) is 2.33. The molecular formula is C10H6BrClN6S. The molecule has 9 heteroatoms. The maximum absolute atomic E-state index is 6.17. The average Bonchev–Trinajstić information content (AvgIpc) is 2.80. The normalized spacial score (nSPS) is 10.8. The van der Waals surface area contributed by atoms with Crippen molar-refractivity contribution in [3.63, 3.8) is 0 Å². The largest absolute Gasteiger partial charge is 0.383 e. The van der Waals surface area contributed by atoms with Gasteiger partial charge in [-0.2, -0.15) is 13.7 Å². The second-order valence-electron chi connectivity index (χ2n) is 3.62. The van der Waals surface area contributed by atoms with Gasteiger partial charge in [-0.05, 0) is 28.1 Å². The van der Waals surface area contributed by atoms with Gasteiger partial charge in [0.25, 0.3) is 0 Å². The highest BCUT2D eigenvalue weighted by Crippen LogP contribution is 2.31. The van der Waals surface area contributed by atoms with Crippen LogP contribution in [0.15, 0.2) is 22.8 Å². The van der Waals surface area contributed by atoms with Crippen molar-refractivity contribution >= 4 is 67.7 Å². The Morgan fingerprint density at radius 1 is 1.26 bits per heavy atom. The van der Waals surface area contributed by atoms with Crippen LogP contribution in [-0.2, 0) is 0 Å². The van der Waals surface area contributed by atoms with Gasteiger partial charge in [-0.25, -0.2) is 4.98 Å². The van der Waals surface area contributed by atoms with E-state index in [0.717, 1.165) is 17.2 Å². The van der Waals surface area contributed by atoms with E-state index < -0.39 is 0 Å². The number of hydrogen-bond donors (Lipinski definition) is 2. The zero-order chi connectivity index (χ0) is 13.4. The molecular weight excluding hydrogens is 352 g/mol. The summed E-state index contributed by atoms with van der Waals surface area (Å²) in [6.07, 6.45) is 0. The number of aromatic nitrogens is 4. The highest BCUT2D eigenvalue weighted by atomic mass is 79.9. The highest BCUT2D eigenvalue weighted by molar-refractivity contribution is 9.10. The smallest absolute Gasteiger partial charge is 0.230 e. The first kappa shape index (κ1) is 12.5. The zero-order valence-corrected chi connectivity index (χ0v) is 12.4. The summed E-state index contributed by atoms with van der Waals surface area (Å²) in [5.74, 6) is 0.693. The van der Waals surface area contributed by atoms with E-state index in [1.165, 1.54) is 0 Å². The Kier molecular flexibility index (Phi) is 3.21. The number of benzene rings is 1. The fourth-order valence-electron chi connectivity index (χ4n) is 1.55. The summed E-state index contributed by atoms with van der Waals surface area (Å²) < 4.78 is 8.95. The summed E-state index contributed by atoms with van der Waals surface area (Å²) in [5, 5.41) is 3.54. The Hall–Kier alpha value is -1.51. The van der Waals surface area contributed by atoms with E-state index >= 15 is 0 Å². The minimum absolute atomic E-state index is 0.342. The SMILES string of the molecule is Nc1cc(Br)nc(Nc2c(Cl)ccc3nsnc23)n1. The number of nitrogens with two attached hydrogens (primary N) is 1. The lowest BCUT2D eigenvalue weighted by Crippen LogP contribution is -2.01. The lowest BCUT2D eigenvalue weighted by molar-refractivity contribution is 1.15. The summed E-state index contributed by atoms with van der Waals surface area (Å²) in [7, 11) is 0. The van der Waals surface area contributed by atoms with Crippen molar-refractivity contribution in [2.24, 2.45) is 0 Å². The van der Waals surface area contributed by atoms with Crippen LogP contribution in [0.4, 0.5) is 17.5 Å². The zero-order valence-electron chi connectivity index (χ0n) is 9.26.